The molecule has 1 unspecified atom stereocenters. The molecule has 0 bridgehead atoms. The van der Waals surface area contributed by atoms with Gasteiger partial charge in [-0.05, 0) is 35.2 Å². The quantitative estimate of drug-likeness (QED) is 0.892. The van der Waals surface area contributed by atoms with Gasteiger partial charge in [-0.1, -0.05) is 6.92 Å². The van der Waals surface area contributed by atoms with Gasteiger partial charge in [0.05, 0.1) is 27.4 Å². The van der Waals surface area contributed by atoms with E-state index in [1.54, 1.807) is 0 Å². The highest BCUT2D eigenvalue weighted by molar-refractivity contribution is 9.10. The summed E-state index contributed by atoms with van der Waals surface area (Å²) in [5, 5.41) is 7.78. The van der Waals surface area contributed by atoms with Crippen LogP contribution >= 0.6 is 15.9 Å². The van der Waals surface area contributed by atoms with Crippen LogP contribution in [0.15, 0.2) is 4.47 Å². The van der Waals surface area contributed by atoms with Gasteiger partial charge in [0.2, 0.25) is 0 Å². The Bertz CT molecular complexity index is 554. The Morgan fingerprint density at radius 1 is 1.53 bits per heavy atom. The van der Waals surface area contributed by atoms with E-state index in [0.717, 1.165) is 35.1 Å². The summed E-state index contributed by atoms with van der Waals surface area (Å²) in [5.41, 5.74) is 2.11. The molecule has 1 aliphatic heterocycles. The number of aryl methyl sites for hydroxylation is 2. The molecular weight excluding hydrogens is 330 g/mol. The van der Waals surface area contributed by atoms with Crippen molar-refractivity contribution in [3.05, 3.63) is 15.9 Å². The SMILES string of the molecule is CCc1nn(C)c(CNC2CCCS(=O)(=O)C2)c1Br. The predicted molar refractivity (Wildman–Crippen MR) is 78.8 cm³/mol. The molecule has 1 aromatic rings. The molecule has 0 saturated carbocycles. The molecule has 108 valence electrons. The van der Waals surface area contributed by atoms with E-state index >= 15 is 0 Å². The summed E-state index contributed by atoms with van der Waals surface area (Å²) < 4.78 is 26.1. The number of sulfone groups is 1. The first-order chi connectivity index (χ1) is 8.93. The number of hydrogen-bond donors (Lipinski definition) is 1. The van der Waals surface area contributed by atoms with Gasteiger partial charge >= 0.3 is 0 Å². The third-order valence-corrected chi connectivity index (χ3v) is 6.26. The van der Waals surface area contributed by atoms with Crippen molar-refractivity contribution in [1.82, 2.24) is 15.1 Å². The van der Waals surface area contributed by atoms with Crippen LogP contribution in [-0.4, -0.2) is 35.7 Å². The summed E-state index contributed by atoms with van der Waals surface area (Å²) in [6.45, 7) is 2.71. The van der Waals surface area contributed by atoms with E-state index in [1.807, 2.05) is 11.7 Å². The van der Waals surface area contributed by atoms with Gasteiger partial charge < -0.3 is 5.32 Å². The van der Waals surface area contributed by atoms with E-state index in [0.29, 0.717) is 12.3 Å². The van der Waals surface area contributed by atoms with Crippen LogP contribution in [-0.2, 0) is 29.9 Å². The number of nitrogens with one attached hydrogen (secondary N) is 1. The lowest BCUT2D eigenvalue weighted by molar-refractivity contribution is 0.471. The van der Waals surface area contributed by atoms with Crippen molar-refractivity contribution in [1.29, 1.82) is 0 Å². The second kappa shape index (κ2) is 5.93. The minimum Gasteiger partial charge on any atom is -0.307 e. The molecule has 0 aromatic carbocycles. The van der Waals surface area contributed by atoms with E-state index in [4.69, 9.17) is 0 Å². The van der Waals surface area contributed by atoms with Crippen molar-refractivity contribution in [3.8, 4) is 0 Å². The Morgan fingerprint density at radius 2 is 2.26 bits per heavy atom. The average molecular weight is 350 g/mol. The molecule has 1 aromatic heterocycles. The van der Waals surface area contributed by atoms with Crippen molar-refractivity contribution in [2.75, 3.05) is 11.5 Å². The summed E-state index contributed by atoms with van der Waals surface area (Å²) in [5.74, 6) is 0.587. The van der Waals surface area contributed by atoms with Crippen molar-refractivity contribution in [3.63, 3.8) is 0 Å². The summed E-state index contributed by atoms with van der Waals surface area (Å²) in [6, 6.07) is 0.0608. The standard InChI is InChI=1S/C12H20BrN3O2S/c1-3-10-12(13)11(16(2)15-10)7-14-9-5-4-6-19(17,18)8-9/h9,14H,3-8H2,1-2H3. The maximum atomic E-state index is 11.6. The zero-order chi connectivity index (χ0) is 14.0. The molecule has 0 amide bonds. The predicted octanol–water partition coefficient (Wildman–Crippen LogP) is 1.41. The molecule has 0 radical (unpaired) electrons. The molecule has 0 spiro atoms. The first kappa shape index (κ1) is 15.0. The Hall–Kier alpha value is -0.400. The number of rotatable bonds is 4. The monoisotopic (exact) mass is 349 g/mol. The van der Waals surface area contributed by atoms with Crippen LogP contribution in [0.25, 0.3) is 0 Å². The second-order valence-corrected chi connectivity index (χ2v) is 8.04. The lowest BCUT2D eigenvalue weighted by Crippen LogP contribution is -2.40. The molecular formula is C12H20BrN3O2S. The van der Waals surface area contributed by atoms with Crippen LogP contribution in [0.1, 0.15) is 31.2 Å². The largest absolute Gasteiger partial charge is 0.307 e. The third-order valence-electron chi connectivity index (χ3n) is 3.52. The molecule has 1 N–H and O–H groups in total. The number of halogens is 1. The van der Waals surface area contributed by atoms with E-state index in [2.05, 4.69) is 33.3 Å². The minimum absolute atomic E-state index is 0.0608. The highest BCUT2D eigenvalue weighted by Crippen LogP contribution is 2.22. The second-order valence-electron chi connectivity index (χ2n) is 5.02. The van der Waals surface area contributed by atoms with Crippen LogP contribution in [0, 0.1) is 0 Å². The van der Waals surface area contributed by atoms with E-state index in [9.17, 15) is 8.42 Å². The Morgan fingerprint density at radius 3 is 2.84 bits per heavy atom. The third kappa shape index (κ3) is 3.58. The van der Waals surface area contributed by atoms with Crippen molar-refractivity contribution >= 4 is 25.8 Å². The maximum Gasteiger partial charge on any atom is 0.151 e. The highest BCUT2D eigenvalue weighted by atomic mass is 79.9. The molecule has 2 heterocycles. The number of nitrogens with zero attached hydrogens (tertiary/aromatic N) is 2. The topological polar surface area (TPSA) is 64.0 Å². The average Bonchev–Trinajstić information content (AvgIpc) is 2.61. The van der Waals surface area contributed by atoms with Gasteiger partial charge in [-0.15, -0.1) is 0 Å². The molecule has 5 nitrogen and oxygen atoms in total. The van der Waals surface area contributed by atoms with E-state index < -0.39 is 9.84 Å². The van der Waals surface area contributed by atoms with Gasteiger partial charge in [0.1, 0.15) is 0 Å². The molecule has 1 saturated heterocycles. The number of hydrogen-bond acceptors (Lipinski definition) is 4. The van der Waals surface area contributed by atoms with E-state index in [-0.39, 0.29) is 11.8 Å². The van der Waals surface area contributed by atoms with Gasteiger partial charge in [0.15, 0.2) is 9.84 Å². The maximum absolute atomic E-state index is 11.6. The summed E-state index contributed by atoms with van der Waals surface area (Å²) in [4.78, 5) is 0. The van der Waals surface area contributed by atoms with Crippen molar-refractivity contribution in [2.24, 2.45) is 7.05 Å². The fourth-order valence-corrected chi connectivity index (χ4v) is 4.86. The Kier molecular flexibility index (Phi) is 4.68. The van der Waals surface area contributed by atoms with Gasteiger partial charge in [0.25, 0.3) is 0 Å². The smallest absolute Gasteiger partial charge is 0.151 e. The van der Waals surface area contributed by atoms with Crippen LogP contribution < -0.4 is 5.32 Å². The Labute approximate surface area is 122 Å². The zero-order valence-corrected chi connectivity index (χ0v) is 13.7. The van der Waals surface area contributed by atoms with Crippen LogP contribution in [0.3, 0.4) is 0 Å². The van der Waals surface area contributed by atoms with Gasteiger partial charge in [0, 0.05) is 19.6 Å². The molecule has 0 aliphatic carbocycles. The lowest BCUT2D eigenvalue weighted by Gasteiger charge is -2.23. The summed E-state index contributed by atoms with van der Waals surface area (Å²) in [7, 11) is -0.937. The minimum atomic E-state index is -2.85. The molecule has 7 heteroatoms. The summed E-state index contributed by atoms with van der Waals surface area (Å²) >= 11 is 3.57. The molecule has 1 aliphatic rings. The fourth-order valence-electron chi connectivity index (χ4n) is 2.44. The van der Waals surface area contributed by atoms with Crippen LogP contribution in [0.4, 0.5) is 0 Å². The van der Waals surface area contributed by atoms with Crippen molar-refractivity contribution in [2.45, 2.75) is 38.8 Å². The number of aromatic nitrogens is 2. The zero-order valence-electron chi connectivity index (χ0n) is 11.3. The van der Waals surface area contributed by atoms with E-state index in [1.165, 1.54) is 0 Å². The van der Waals surface area contributed by atoms with Crippen LogP contribution in [0.5, 0.6) is 0 Å². The lowest BCUT2D eigenvalue weighted by atomic mass is 10.2. The highest BCUT2D eigenvalue weighted by Gasteiger charge is 2.24. The van der Waals surface area contributed by atoms with Gasteiger partial charge in [-0.25, -0.2) is 8.42 Å². The molecule has 1 atom stereocenters. The molecule has 2 rings (SSSR count). The summed E-state index contributed by atoms with van der Waals surface area (Å²) in [6.07, 6.45) is 2.56. The molecule has 19 heavy (non-hydrogen) atoms. The first-order valence-electron chi connectivity index (χ1n) is 6.57. The van der Waals surface area contributed by atoms with Crippen LogP contribution in [0.2, 0.25) is 0 Å². The van der Waals surface area contributed by atoms with Gasteiger partial charge in [-0.2, -0.15) is 5.10 Å². The fraction of sp³-hybridized carbons (Fsp3) is 0.750. The van der Waals surface area contributed by atoms with Gasteiger partial charge in [-0.3, -0.25) is 4.68 Å². The Balaban J connectivity index is 2.01. The first-order valence-corrected chi connectivity index (χ1v) is 9.18. The van der Waals surface area contributed by atoms with Crippen molar-refractivity contribution < 1.29 is 8.42 Å². The molecule has 1 fully saturated rings. The normalized spacial score (nSPS) is 22.6.